The maximum Gasteiger partial charge on any atom is 0.278 e. The standard InChI is InChI=1S/C16H16N6O3/c1-20(2)16(23)10-21-9-11(7-18-21)19-14-3-4-15(22(24)25)13-8-17-6-5-12(13)14/h3-9,19H,10H2,1-2H3. The Bertz CT molecular complexity index is 950. The van der Waals surface area contributed by atoms with Gasteiger partial charge in [-0.1, -0.05) is 0 Å². The first-order valence-electron chi connectivity index (χ1n) is 7.46. The number of hydrogen-bond acceptors (Lipinski definition) is 6. The largest absolute Gasteiger partial charge is 0.352 e. The minimum atomic E-state index is -0.432. The molecule has 0 radical (unpaired) electrons. The van der Waals surface area contributed by atoms with Gasteiger partial charge < -0.3 is 10.2 Å². The molecule has 0 aliphatic rings. The number of pyridine rings is 1. The van der Waals surface area contributed by atoms with E-state index in [2.05, 4.69) is 15.4 Å². The SMILES string of the molecule is CN(C)C(=O)Cn1cc(Nc2ccc([N+](=O)[O-])c3cnccc23)cn1. The van der Waals surface area contributed by atoms with Crippen LogP contribution >= 0.6 is 0 Å². The van der Waals surface area contributed by atoms with Crippen LogP contribution in [0.2, 0.25) is 0 Å². The Morgan fingerprint density at radius 1 is 1.28 bits per heavy atom. The Morgan fingerprint density at radius 2 is 2.08 bits per heavy atom. The predicted molar refractivity (Wildman–Crippen MR) is 92.6 cm³/mol. The maximum absolute atomic E-state index is 11.7. The Morgan fingerprint density at radius 3 is 2.80 bits per heavy atom. The molecule has 3 rings (SSSR count). The molecule has 25 heavy (non-hydrogen) atoms. The van der Waals surface area contributed by atoms with Crippen LogP contribution in [0.25, 0.3) is 10.8 Å². The molecule has 9 heteroatoms. The number of carbonyl (C=O) groups excluding carboxylic acids is 1. The molecule has 0 aliphatic heterocycles. The molecule has 1 N–H and O–H groups in total. The lowest BCUT2D eigenvalue weighted by Crippen LogP contribution is -2.26. The van der Waals surface area contributed by atoms with Crippen molar-refractivity contribution in [2.45, 2.75) is 6.54 Å². The molecule has 1 aromatic carbocycles. The second-order valence-electron chi connectivity index (χ2n) is 5.65. The van der Waals surface area contributed by atoms with E-state index in [0.717, 1.165) is 0 Å². The molecule has 0 atom stereocenters. The topological polar surface area (TPSA) is 106 Å². The van der Waals surface area contributed by atoms with Gasteiger partial charge in [-0.05, 0) is 12.1 Å². The van der Waals surface area contributed by atoms with E-state index < -0.39 is 4.92 Å². The monoisotopic (exact) mass is 340 g/mol. The van der Waals surface area contributed by atoms with Crippen molar-refractivity contribution in [3.63, 3.8) is 0 Å². The lowest BCUT2D eigenvalue weighted by Gasteiger charge is -2.10. The van der Waals surface area contributed by atoms with Gasteiger partial charge in [-0.2, -0.15) is 5.10 Å². The number of nitro benzene ring substituents is 1. The fourth-order valence-electron chi connectivity index (χ4n) is 2.39. The summed E-state index contributed by atoms with van der Waals surface area (Å²) >= 11 is 0. The number of anilines is 2. The molecule has 128 valence electrons. The number of non-ortho nitro benzene ring substituents is 1. The summed E-state index contributed by atoms with van der Waals surface area (Å²) in [6.07, 6.45) is 6.35. The number of amides is 1. The smallest absolute Gasteiger partial charge is 0.278 e. The van der Waals surface area contributed by atoms with Crippen molar-refractivity contribution in [1.29, 1.82) is 0 Å². The van der Waals surface area contributed by atoms with E-state index in [9.17, 15) is 14.9 Å². The molecule has 0 saturated heterocycles. The van der Waals surface area contributed by atoms with E-state index >= 15 is 0 Å². The molecule has 0 bridgehead atoms. The minimum Gasteiger partial charge on any atom is -0.352 e. The van der Waals surface area contributed by atoms with Crippen molar-refractivity contribution in [3.05, 3.63) is 53.1 Å². The summed E-state index contributed by atoms with van der Waals surface area (Å²) in [7, 11) is 3.37. The van der Waals surface area contributed by atoms with E-state index in [4.69, 9.17) is 0 Å². The number of nitro groups is 1. The number of nitrogens with one attached hydrogen (secondary N) is 1. The molecule has 9 nitrogen and oxygen atoms in total. The maximum atomic E-state index is 11.7. The summed E-state index contributed by atoms with van der Waals surface area (Å²) in [4.78, 5) is 27.9. The average molecular weight is 340 g/mol. The Hall–Kier alpha value is -3.49. The van der Waals surface area contributed by atoms with E-state index in [1.165, 1.54) is 21.8 Å². The van der Waals surface area contributed by atoms with Crippen molar-refractivity contribution in [3.8, 4) is 0 Å². The Balaban J connectivity index is 1.89. The molecule has 3 aromatic rings. The van der Waals surface area contributed by atoms with Gasteiger partial charge in [0.1, 0.15) is 6.54 Å². The molecule has 0 saturated carbocycles. The number of likely N-dealkylation sites (N-methyl/N-ethyl adjacent to an activating group) is 1. The van der Waals surface area contributed by atoms with E-state index in [-0.39, 0.29) is 18.1 Å². The molecule has 0 aliphatic carbocycles. The third kappa shape index (κ3) is 3.39. The van der Waals surface area contributed by atoms with Crippen molar-refractivity contribution < 1.29 is 9.72 Å². The van der Waals surface area contributed by atoms with Gasteiger partial charge in [0.25, 0.3) is 5.69 Å². The number of nitrogens with zero attached hydrogens (tertiary/aromatic N) is 5. The second-order valence-corrected chi connectivity index (χ2v) is 5.65. The van der Waals surface area contributed by atoms with Gasteiger partial charge in [-0.15, -0.1) is 0 Å². The summed E-state index contributed by atoms with van der Waals surface area (Å²) in [5.74, 6) is -0.0680. The summed E-state index contributed by atoms with van der Waals surface area (Å²) < 4.78 is 1.53. The highest BCUT2D eigenvalue weighted by molar-refractivity contribution is 6.00. The molecule has 0 unspecified atom stereocenters. The zero-order valence-electron chi connectivity index (χ0n) is 13.7. The van der Waals surface area contributed by atoms with E-state index in [1.54, 1.807) is 44.8 Å². The van der Waals surface area contributed by atoms with Crippen LogP contribution in [0, 0.1) is 10.1 Å². The quantitative estimate of drug-likeness (QED) is 0.563. The van der Waals surface area contributed by atoms with E-state index in [0.29, 0.717) is 22.1 Å². The number of aromatic nitrogens is 3. The van der Waals surface area contributed by atoms with Crippen molar-refractivity contribution in [1.82, 2.24) is 19.7 Å². The fourth-order valence-corrected chi connectivity index (χ4v) is 2.39. The van der Waals surface area contributed by atoms with Crippen LogP contribution in [0.4, 0.5) is 17.1 Å². The van der Waals surface area contributed by atoms with Crippen LogP contribution in [0.5, 0.6) is 0 Å². The van der Waals surface area contributed by atoms with Gasteiger partial charge in [0.15, 0.2) is 0 Å². The van der Waals surface area contributed by atoms with Gasteiger partial charge in [0, 0.05) is 49.8 Å². The number of carbonyl (C=O) groups is 1. The third-order valence-electron chi connectivity index (χ3n) is 3.70. The van der Waals surface area contributed by atoms with Gasteiger partial charge in [0.05, 0.1) is 22.2 Å². The van der Waals surface area contributed by atoms with E-state index in [1.807, 2.05) is 0 Å². The zero-order chi connectivity index (χ0) is 18.0. The number of hydrogen-bond donors (Lipinski definition) is 1. The van der Waals surface area contributed by atoms with Gasteiger partial charge in [-0.3, -0.25) is 24.6 Å². The highest BCUT2D eigenvalue weighted by atomic mass is 16.6. The molecule has 2 aromatic heterocycles. The van der Waals surface area contributed by atoms with Crippen LogP contribution < -0.4 is 5.32 Å². The van der Waals surface area contributed by atoms with Gasteiger partial charge in [-0.25, -0.2) is 0 Å². The molecular weight excluding hydrogens is 324 g/mol. The van der Waals surface area contributed by atoms with Crippen molar-refractivity contribution in [2.24, 2.45) is 0 Å². The van der Waals surface area contributed by atoms with Crippen molar-refractivity contribution >= 4 is 33.7 Å². The average Bonchev–Trinajstić information content (AvgIpc) is 3.01. The first-order valence-corrected chi connectivity index (χ1v) is 7.46. The van der Waals surface area contributed by atoms with Crippen LogP contribution in [-0.4, -0.2) is 44.6 Å². The number of fused-ring (bicyclic) bond motifs is 1. The molecule has 0 fully saturated rings. The lowest BCUT2D eigenvalue weighted by atomic mass is 10.1. The normalized spacial score (nSPS) is 10.6. The summed E-state index contributed by atoms with van der Waals surface area (Å²) in [6.45, 7) is 0.139. The first kappa shape index (κ1) is 16.4. The summed E-state index contributed by atoms with van der Waals surface area (Å²) in [5.41, 5.74) is 1.38. The lowest BCUT2D eigenvalue weighted by molar-refractivity contribution is -0.383. The fraction of sp³-hybridized carbons (Fsp3) is 0.188. The number of rotatable bonds is 5. The summed E-state index contributed by atoms with van der Waals surface area (Å²) in [5, 5.41) is 19.6. The van der Waals surface area contributed by atoms with Crippen molar-refractivity contribution in [2.75, 3.05) is 19.4 Å². The molecule has 0 spiro atoms. The van der Waals surface area contributed by atoms with Gasteiger partial charge >= 0.3 is 0 Å². The van der Waals surface area contributed by atoms with Crippen LogP contribution in [-0.2, 0) is 11.3 Å². The Labute approximate surface area is 143 Å². The van der Waals surface area contributed by atoms with Crippen LogP contribution in [0.1, 0.15) is 0 Å². The minimum absolute atomic E-state index is 0.000856. The summed E-state index contributed by atoms with van der Waals surface area (Å²) in [6, 6.07) is 4.79. The highest BCUT2D eigenvalue weighted by Gasteiger charge is 2.15. The zero-order valence-corrected chi connectivity index (χ0v) is 13.7. The predicted octanol–water partition coefficient (Wildman–Crippen LogP) is 2.17. The molecular formula is C16H16N6O3. The van der Waals surface area contributed by atoms with Crippen LogP contribution in [0.3, 0.4) is 0 Å². The molecule has 1 amide bonds. The van der Waals surface area contributed by atoms with Gasteiger partial charge in [0.2, 0.25) is 5.91 Å². The first-order chi connectivity index (χ1) is 12.0. The molecule has 2 heterocycles. The highest BCUT2D eigenvalue weighted by Crippen LogP contribution is 2.32. The number of benzene rings is 1. The second kappa shape index (κ2) is 6.56. The van der Waals surface area contributed by atoms with Crippen LogP contribution in [0.15, 0.2) is 43.0 Å². The third-order valence-corrected chi connectivity index (χ3v) is 3.70. The Kier molecular flexibility index (Phi) is 4.29.